The van der Waals surface area contributed by atoms with Crippen molar-refractivity contribution < 1.29 is 33.7 Å². The molecule has 39 heavy (non-hydrogen) atoms. The molecule has 1 aliphatic heterocycles. The third-order valence-corrected chi connectivity index (χ3v) is 11.3. The van der Waals surface area contributed by atoms with Gasteiger partial charge in [0, 0.05) is 5.41 Å². The van der Waals surface area contributed by atoms with Crippen LogP contribution in [0.4, 0.5) is 0 Å². The molecule has 4 fully saturated rings. The third kappa shape index (κ3) is 3.50. The third-order valence-electron chi connectivity index (χ3n) is 11.3. The Morgan fingerprint density at radius 3 is 2.69 bits per heavy atom. The van der Waals surface area contributed by atoms with Crippen molar-refractivity contribution in [2.45, 2.75) is 91.4 Å². The Hall–Kier alpha value is -2.00. The van der Waals surface area contributed by atoms with E-state index in [1.54, 1.807) is 6.26 Å². The molecule has 3 saturated carbocycles. The number of hydrogen-bond acceptors (Lipinski definition) is 7. The molecule has 1 saturated heterocycles. The van der Waals surface area contributed by atoms with Gasteiger partial charge in [-0.25, -0.2) is 0 Å². The van der Waals surface area contributed by atoms with Crippen LogP contribution in [0, 0.1) is 52.8 Å². The van der Waals surface area contributed by atoms with Gasteiger partial charge in [0.1, 0.15) is 17.5 Å². The highest BCUT2D eigenvalue weighted by Crippen LogP contribution is 2.82. The summed E-state index contributed by atoms with van der Waals surface area (Å²) in [6.45, 7) is 10.3. The Balaban J connectivity index is 1.35. The van der Waals surface area contributed by atoms with E-state index in [4.69, 9.17) is 13.9 Å². The molecule has 6 rings (SSSR count). The van der Waals surface area contributed by atoms with Crippen LogP contribution in [0.5, 0.6) is 0 Å². The van der Waals surface area contributed by atoms with Crippen LogP contribution in [0.3, 0.4) is 0 Å². The van der Waals surface area contributed by atoms with Crippen LogP contribution in [0.15, 0.2) is 28.4 Å². The number of ether oxygens (including phenoxy) is 2. The minimum atomic E-state index is -1.31. The number of aliphatic carboxylic acids is 1. The lowest BCUT2D eigenvalue weighted by molar-refractivity contribution is -0.240. The van der Waals surface area contributed by atoms with Crippen LogP contribution in [-0.2, 0) is 19.1 Å². The molecule has 4 bridgehead atoms. The summed E-state index contributed by atoms with van der Waals surface area (Å²) in [5.41, 5.74) is -1.14. The van der Waals surface area contributed by atoms with Gasteiger partial charge in [0.05, 0.1) is 30.4 Å². The van der Waals surface area contributed by atoms with Gasteiger partial charge in [0.25, 0.3) is 0 Å². The quantitative estimate of drug-likeness (QED) is 0.338. The van der Waals surface area contributed by atoms with E-state index in [1.165, 1.54) is 0 Å². The molecule has 1 aromatic rings. The number of aldehydes is 1. The van der Waals surface area contributed by atoms with E-state index in [-0.39, 0.29) is 42.4 Å². The second-order valence-corrected chi connectivity index (χ2v) is 13.5. The van der Waals surface area contributed by atoms with E-state index in [0.29, 0.717) is 25.2 Å². The zero-order chi connectivity index (χ0) is 27.9. The molecule has 2 heterocycles. The summed E-state index contributed by atoms with van der Waals surface area (Å²) in [7, 11) is 0. The Morgan fingerprint density at radius 2 is 2.05 bits per heavy atom. The van der Waals surface area contributed by atoms with Gasteiger partial charge in [-0.1, -0.05) is 38.8 Å². The zero-order valence-electron chi connectivity index (χ0n) is 23.7. The highest BCUT2D eigenvalue weighted by molar-refractivity contribution is 5.90. The fourth-order valence-corrected chi connectivity index (χ4v) is 9.87. The number of aliphatic hydroxyl groups is 1. The molecule has 8 nitrogen and oxygen atoms in total. The van der Waals surface area contributed by atoms with Crippen LogP contribution in [-0.4, -0.2) is 47.7 Å². The number of aryl methyl sites for hydroxylation is 1. The predicted octanol–water partition coefficient (Wildman–Crippen LogP) is 4.61. The van der Waals surface area contributed by atoms with Crippen molar-refractivity contribution in [2.75, 3.05) is 6.61 Å². The van der Waals surface area contributed by atoms with Crippen LogP contribution in [0.2, 0.25) is 0 Å². The number of aliphatic hydroxyl groups excluding tert-OH is 1. The van der Waals surface area contributed by atoms with Crippen molar-refractivity contribution in [3.05, 3.63) is 35.3 Å². The first-order valence-electron chi connectivity index (χ1n) is 14.7. The highest BCUT2D eigenvalue weighted by Gasteiger charge is 2.84. The van der Waals surface area contributed by atoms with Crippen LogP contribution >= 0.6 is 0 Å². The van der Waals surface area contributed by atoms with Gasteiger partial charge >= 0.3 is 5.97 Å². The van der Waals surface area contributed by atoms with Crippen molar-refractivity contribution in [1.82, 2.24) is 5.32 Å². The summed E-state index contributed by atoms with van der Waals surface area (Å²) in [6.07, 6.45) is 6.30. The first-order valence-corrected chi connectivity index (χ1v) is 14.7. The van der Waals surface area contributed by atoms with Gasteiger partial charge in [0.15, 0.2) is 12.5 Å². The fraction of sp³-hybridized carbons (Fsp3) is 0.742. The average Bonchev–Trinajstić information content (AvgIpc) is 3.57. The molecule has 214 valence electrons. The van der Waals surface area contributed by atoms with Crippen molar-refractivity contribution >= 4 is 12.3 Å². The summed E-state index contributed by atoms with van der Waals surface area (Å²) in [4.78, 5) is 26.8. The van der Waals surface area contributed by atoms with Gasteiger partial charge in [-0.05, 0) is 80.8 Å². The molecule has 0 amide bonds. The number of rotatable bonds is 7. The molecular weight excluding hydrogens is 498 g/mol. The topological polar surface area (TPSA) is 118 Å². The van der Waals surface area contributed by atoms with Gasteiger partial charge in [-0.2, -0.15) is 0 Å². The molecule has 0 radical (unpaired) electrons. The lowest BCUT2D eigenvalue weighted by atomic mass is 9.43. The molecule has 0 aromatic carbocycles. The molecule has 1 unspecified atom stereocenters. The van der Waals surface area contributed by atoms with Crippen molar-refractivity contribution in [3.63, 3.8) is 0 Å². The molecule has 4 aliphatic carbocycles. The number of nitrogens with one attached hydrogen (secondary N) is 1. The monoisotopic (exact) mass is 541 g/mol. The maximum absolute atomic E-state index is 13.6. The molecule has 1 aromatic heterocycles. The first kappa shape index (κ1) is 27.2. The van der Waals surface area contributed by atoms with E-state index in [2.05, 4.69) is 18.3 Å². The number of fused-ring (bicyclic) bond motifs is 2. The standard InChI is InChI=1S/C31H43NO7/c1-16(2)23-10-20-11-29(14-33)22-7-6-18(4)21(22)12-30(20,31(23,29)28(35)36)15-38-27-26(34)32-24(9-19(5)39-27)25-8-17(3)13-37-25/h8,10,13-14,16,18-22,24,26-27,32,34H,6-7,9,11-12,15H2,1-5H3,(H,35,36)/t18-,19-,20+,21-,22-,24?,26-,27-,29+,30+,31+/m1/s1. The molecule has 8 heteroatoms. The maximum Gasteiger partial charge on any atom is 0.315 e. The summed E-state index contributed by atoms with van der Waals surface area (Å²) in [5.74, 6) is 0.535. The van der Waals surface area contributed by atoms with Gasteiger partial charge in [-0.3, -0.25) is 10.1 Å². The second-order valence-electron chi connectivity index (χ2n) is 13.5. The molecule has 5 aliphatic rings. The molecular formula is C31H43NO7. The molecule has 11 atom stereocenters. The van der Waals surface area contributed by atoms with E-state index in [0.717, 1.165) is 36.0 Å². The van der Waals surface area contributed by atoms with Crippen molar-refractivity contribution in [3.8, 4) is 0 Å². The number of carbonyl (C=O) groups excluding carboxylic acids is 1. The summed E-state index contributed by atoms with van der Waals surface area (Å²) in [6, 6.07) is 1.71. The van der Waals surface area contributed by atoms with E-state index >= 15 is 0 Å². The van der Waals surface area contributed by atoms with Crippen molar-refractivity contribution in [2.24, 2.45) is 45.8 Å². The lowest BCUT2D eigenvalue weighted by Crippen LogP contribution is -2.64. The van der Waals surface area contributed by atoms with Crippen LogP contribution < -0.4 is 5.32 Å². The van der Waals surface area contributed by atoms with E-state index in [9.17, 15) is 19.8 Å². The number of furan rings is 1. The Bertz CT molecular complexity index is 1180. The van der Waals surface area contributed by atoms with Crippen molar-refractivity contribution in [1.29, 1.82) is 0 Å². The second kappa shape index (κ2) is 9.26. The largest absolute Gasteiger partial charge is 0.481 e. The summed E-state index contributed by atoms with van der Waals surface area (Å²) in [5, 5.41) is 25.5. The normalized spacial score (nSPS) is 46.7. The average molecular weight is 542 g/mol. The minimum absolute atomic E-state index is 0.000558. The van der Waals surface area contributed by atoms with Crippen LogP contribution in [0.1, 0.15) is 77.2 Å². The van der Waals surface area contributed by atoms with E-state index < -0.39 is 34.7 Å². The Morgan fingerprint density at radius 1 is 1.28 bits per heavy atom. The van der Waals surface area contributed by atoms with Gasteiger partial charge in [0.2, 0.25) is 0 Å². The number of carboxylic acid groups (broad SMARTS) is 1. The smallest absolute Gasteiger partial charge is 0.315 e. The number of carboxylic acids is 1. The fourth-order valence-electron chi connectivity index (χ4n) is 9.87. The predicted molar refractivity (Wildman–Crippen MR) is 142 cm³/mol. The zero-order valence-corrected chi connectivity index (χ0v) is 23.7. The SMILES string of the molecule is Cc1coc(C2C[C@@H](C)O[C@@H](OC[C@@]34C[C@@H]5[C@H](C)CC[C@H]5[C@@]5(C=O)C[C@@H]3C=C(C(C)C)[C@@]45C(=O)O)[C@@H](O)N2)c1. The maximum atomic E-state index is 13.6. The Kier molecular flexibility index (Phi) is 6.46. The minimum Gasteiger partial charge on any atom is -0.481 e. The van der Waals surface area contributed by atoms with Gasteiger partial charge in [-0.15, -0.1) is 0 Å². The summed E-state index contributed by atoms with van der Waals surface area (Å²) < 4.78 is 18.4. The lowest BCUT2D eigenvalue weighted by Gasteiger charge is -2.58. The van der Waals surface area contributed by atoms with Gasteiger partial charge < -0.3 is 28.9 Å². The van der Waals surface area contributed by atoms with Crippen LogP contribution in [0.25, 0.3) is 0 Å². The van der Waals surface area contributed by atoms with E-state index in [1.807, 2.05) is 33.8 Å². The molecule has 3 N–H and O–H groups in total. The summed E-state index contributed by atoms with van der Waals surface area (Å²) >= 11 is 0. The number of allylic oxidation sites excluding steroid dienone is 1. The first-order chi connectivity index (χ1) is 18.5. The number of carbonyl (C=O) groups is 2. The number of hydrogen-bond donors (Lipinski definition) is 3. The highest BCUT2D eigenvalue weighted by atomic mass is 16.7. The molecule has 0 spiro atoms. The Labute approximate surface area is 230 Å².